The first kappa shape index (κ1) is 16.3. The maximum absolute atomic E-state index is 12.4. The minimum Gasteiger partial charge on any atom is -0.444 e. The van der Waals surface area contributed by atoms with Crippen molar-refractivity contribution < 1.29 is 14.3 Å². The predicted molar refractivity (Wildman–Crippen MR) is 84.3 cm³/mol. The maximum atomic E-state index is 12.4. The molecular formula is C17H24N2O3. The van der Waals surface area contributed by atoms with E-state index in [-0.39, 0.29) is 12.5 Å². The number of hydrogen-bond acceptors (Lipinski definition) is 3. The monoisotopic (exact) mass is 304 g/mol. The van der Waals surface area contributed by atoms with Crippen LogP contribution in [0.1, 0.15) is 32.8 Å². The van der Waals surface area contributed by atoms with Gasteiger partial charge in [0.2, 0.25) is 5.91 Å². The molecule has 0 N–H and O–H groups in total. The molecule has 1 aromatic rings. The number of rotatable bonds is 2. The Kier molecular flexibility index (Phi) is 5.06. The van der Waals surface area contributed by atoms with E-state index in [1.165, 1.54) is 4.90 Å². The van der Waals surface area contributed by atoms with Gasteiger partial charge < -0.3 is 9.64 Å². The van der Waals surface area contributed by atoms with Crippen LogP contribution >= 0.6 is 0 Å². The second-order valence-electron chi connectivity index (χ2n) is 6.56. The topological polar surface area (TPSA) is 49.9 Å². The molecule has 0 spiro atoms. The summed E-state index contributed by atoms with van der Waals surface area (Å²) in [4.78, 5) is 27.8. The number of carbonyl (C=O) groups is 2. The zero-order valence-corrected chi connectivity index (χ0v) is 13.5. The zero-order chi connectivity index (χ0) is 16.2. The summed E-state index contributed by atoms with van der Waals surface area (Å²) in [5, 5.41) is 0. The highest BCUT2D eigenvalue weighted by Gasteiger charge is 2.28. The highest BCUT2D eigenvalue weighted by atomic mass is 16.6. The molecule has 0 aromatic heterocycles. The molecule has 5 heteroatoms. The molecule has 0 bridgehead atoms. The van der Waals surface area contributed by atoms with E-state index in [0.717, 1.165) is 12.0 Å². The zero-order valence-electron chi connectivity index (χ0n) is 13.5. The Balaban J connectivity index is 1.97. The van der Waals surface area contributed by atoms with Gasteiger partial charge in [0.25, 0.3) is 0 Å². The van der Waals surface area contributed by atoms with Crippen molar-refractivity contribution in [1.82, 2.24) is 9.80 Å². The first-order valence-corrected chi connectivity index (χ1v) is 7.65. The number of nitrogens with zero attached hydrogens (tertiary/aromatic N) is 2. The van der Waals surface area contributed by atoms with Gasteiger partial charge >= 0.3 is 6.09 Å². The van der Waals surface area contributed by atoms with Crippen molar-refractivity contribution in [2.75, 3.05) is 19.6 Å². The van der Waals surface area contributed by atoms with Crippen LogP contribution in [0.4, 0.5) is 4.79 Å². The van der Waals surface area contributed by atoms with E-state index in [1.54, 1.807) is 4.90 Å². The molecular weight excluding hydrogens is 280 g/mol. The molecule has 1 aliphatic heterocycles. The van der Waals surface area contributed by atoms with Gasteiger partial charge in [0.15, 0.2) is 0 Å². The molecule has 1 saturated heterocycles. The molecule has 2 rings (SSSR count). The van der Waals surface area contributed by atoms with Crippen molar-refractivity contribution in [3.63, 3.8) is 0 Å². The third kappa shape index (κ3) is 4.76. The number of amides is 2. The number of hydrogen-bond donors (Lipinski definition) is 0. The van der Waals surface area contributed by atoms with E-state index < -0.39 is 11.7 Å². The average Bonchev–Trinajstić information content (AvgIpc) is 2.61. The summed E-state index contributed by atoms with van der Waals surface area (Å²) in [7, 11) is 0. The second-order valence-corrected chi connectivity index (χ2v) is 6.56. The highest BCUT2D eigenvalue weighted by molar-refractivity contribution is 5.82. The minimum absolute atomic E-state index is 0.0350. The van der Waals surface area contributed by atoms with Crippen LogP contribution in [0.15, 0.2) is 30.3 Å². The summed E-state index contributed by atoms with van der Waals surface area (Å²) in [6.45, 7) is 7.35. The Morgan fingerprint density at radius 1 is 1.18 bits per heavy atom. The van der Waals surface area contributed by atoms with Gasteiger partial charge in [0, 0.05) is 19.6 Å². The summed E-state index contributed by atoms with van der Waals surface area (Å²) in [6.07, 6.45) is 0.347. The number of ether oxygens (including phenoxy) is 1. The van der Waals surface area contributed by atoms with Crippen molar-refractivity contribution >= 4 is 12.0 Å². The maximum Gasteiger partial charge on any atom is 0.410 e. The average molecular weight is 304 g/mol. The lowest BCUT2D eigenvalue weighted by atomic mass is 10.2. The summed E-state index contributed by atoms with van der Waals surface area (Å²) >= 11 is 0. The first-order chi connectivity index (χ1) is 10.3. The fraction of sp³-hybridized carbons (Fsp3) is 0.529. The number of carbonyl (C=O) groups excluding carboxylic acids is 2. The number of benzene rings is 1. The van der Waals surface area contributed by atoms with Crippen molar-refractivity contribution in [3.8, 4) is 0 Å². The molecule has 0 radical (unpaired) electrons. The predicted octanol–water partition coefficient (Wildman–Crippen LogP) is 2.66. The standard InChI is InChI=1S/C17H24N2O3/c1-17(2,3)22-16(21)19-11-7-10-18(15(20)13-19)12-14-8-5-4-6-9-14/h4-6,8-9H,7,10-13H2,1-3H3. The van der Waals surface area contributed by atoms with Crippen LogP contribution in [0.3, 0.4) is 0 Å². The molecule has 0 unspecified atom stereocenters. The van der Waals surface area contributed by atoms with Gasteiger partial charge in [0.1, 0.15) is 12.1 Å². The van der Waals surface area contributed by atoms with Crippen molar-refractivity contribution in [2.24, 2.45) is 0 Å². The Morgan fingerprint density at radius 3 is 2.50 bits per heavy atom. The van der Waals surface area contributed by atoms with Crippen molar-refractivity contribution in [2.45, 2.75) is 39.3 Å². The molecule has 1 aliphatic rings. The normalized spacial score (nSPS) is 16.4. The van der Waals surface area contributed by atoms with Crippen LogP contribution < -0.4 is 0 Å². The van der Waals surface area contributed by atoms with Crippen LogP contribution in [0, 0.1) is 0 Å². The van der Waals surface area contributed by atoms with Gasteiger partial charge in [-0.3, -0.25) is 9.69 Å². The van der Waals surface area contributed by atoms with E-state index in [0.29, 0.717) is 19.6 Å². The molecule has 2 amide bonds. The second kappa shape index (κ2) is 6.81. The SMILES string of the molecule is CC(C)(C)OC(=O)N1CCCN(Cc2ccccc2)C(=O)C1. The van der Waals surface area contributed by atoms with Gasteiger partial charge in [-0.1, -0.05) is 30.3 Å². The summed E-state index contributed by atoms with van der Waals surface area (Å²) in [5.74, 6) is -0.0350. The van der Waals surface area contributed by atoms with Crippen molar-refractivity contribution in [3.05, 3.63) is 35.9 Å². The Hall–Kier alpha value is -2.04. The summed E-state index contributed by atoms with van der Waals surface area (Å²) in [5.41, 5.74) is 0.553. The molecule has 0 atom stereocenters. The smallest absolute Gasteiger partial charge is 0.410 e. The van der Waals surface area contributed by atoms with Crippen LogP contribution in [-0.4, -0.2) is 47.0 Å². The van der Waals surface area contributed by atoms with Gasteiger partial charge in [-0.2, -0.15) is 0 Å². The lowest BCUT2D eigenvalue weighted by Crippen LogP contribution is -2.41. The Morgan fingerprint density at radius 2 is 1.86 bits per heavy atom. The molecule has 1 fully saturated rings. The van der Waals surface area contributed by atoms with Gasteiger partial charge in [-0.05, 0) is 32.8 Å². The van der Waals surface area contributed by atoms with E-state index in [4.69, 9.17) is 4.74 Å². The molecule has 22 heavy (non-hydrogen) atoms. The van der Waals surface area contributed by atoms with Crippen molar-refractivity contribution in [1.29, 1.82) is 0 Å². The molecule has 0 saturated carbocycles. The molecule has 0 aliphatic carbocycles. The largest absolute Gasteiger partial charge is 0.444 e. The van der Waals surface area contributed by atoms with Gasteiger partial charge in [-0.15, -0.1) is 0 Å². The van der Waals surface area contributed by atoms with E-state index in [2.05, 4.69) is 0 Å². The van der Waals surface area contributed by atoms with E-state index in [9.17, 15) is 9.59 Å². The summed E-state index contributed by atoms with van der Waals surface area (Å²) in [6, 6.07) is 9.89. The fourth-order valence-corrected chi connectivity index (χ4v) is 2.37. The van der Waals surface area contributed by atoms with E-state index in [1.807, 2.05) is 51.1 Å². The molecule has 1 heterocycles. The third-order valence-corrected chi connectivity index (χ3v) is 3.40. The lowest BCUT2D eigenvalue weighted by Gasteiger charge is -2.26. The van der Waals surface area contributed by atoms with Crippen LogP contribution in [-0.2, 0) is 16.1 Å². The minimum atomic E-state index is -0.545. The molecule has 5 nitrogen and oxygen atoms in total. The van der Waals surface area contributed by atoms with Crippen LogP contribution in [0.5, 0.6) is 0 Å². The Labute approximate surface area is 131 Å². The summed E-state index contributed by atoms with van der Waals surface area (Å²) < 4.78 is 5.35. The fourth-order valence-electron chi connectivity index (χ4n) is 2.37. The van der Waals surface area contributed by atoms with Crippen LogP contribution in [0.2, 0.25) is 0 Å². The Bertz CT molecular complexity index is 522. The van der Waals surface area contributed by atoms with Gasteiger partial charge in [-0.25, -0.2) is 4.79 Å². The third-order valence-electron chi connectivity index (χ3n) is 3.40. The van der Waals surface area contributed by atoms with E-state index >= 15 is 0 Å². The van der Waals surface area contributed by atoms with Crippen LogP contribution in [0.25, 0.3) is 0 Å². The highest BCUT2D eigenvalue weighted by Crippen LogP contribution is 2.14. The van der Waals surface area contributed by atoms with Gasteiger partial charge in [0.05, 0.1) is 0 Å². The molecule has 120 valence electrons. The first-order valence-electron chi connectivity index (χ1n) is 7.65. The quantitative estimate of drug-likeness (QED) is 0.844. The molecule has 1 aromatic carbocycles. The lowest BCUT2D eigenvalue weighted by molar-refractivity contribution is -0.131.